The second-order valence-electron chi connectivity index (χ2n) is 11.2. The Morgan fingerprint density at radius 1 is 0.851 bits per heavy atom. The van der Waals surface area contributed by atoms with E-state index in [4.69, 9.17) is 4.74 Å². The van der Waals surface area contributed by atoms with E-state index in [0.717, 1.165) is 11.1 Å². The first-order valence-electron chi connectivity index (χ1n) is 15.5. The van der Waals surface area contributed by atoms with Crippen molar-refractivity contribution in [3.8, 4) is 0 Å². The number of rotatable bonds is 11. The molecule has 0 bridgehead atoms. The van der Waals surface area contributed by atoms with Crippen molar-refractivity contribution in [1.29, 1.82) is 0 Å². The summed E-state index contributed by atoms with van der Waals surface area (Å²) in [7, 11) is 0. The lowest BCUT2D eigenvalue weighted by Crippen LogP contribution is -2.36. The fraction of sp³-hybridized carbons (Fsp3) is 0.250. The molecule has 1 fully saturated rings. The fourth-order valence-corrected chi connectivity index (χ4v) is 5.46. The van der Waals surface area contributed by atoms with Gasteiger partial charge in [0.1, 0.15) is 6.61 Å². The molecule has 0 spiro atoms. The molecule has 4 aromatic rings. The minimum atomic E-state index is -1.07. The maximum atomic E-state index is 13.4. The number of nitrogens with one attached hydrogen (secondary N) is 2. The Kier molecular flexibility index (Phi) is 11.1. The Bertz CT molecular complexity index is 1670. The van der Waals surface area contributed by atoms with Crippen molar-refractivity contribution in [3.63, 3.8) is 0 Å². The number of anilines is 2. The van der Waals surface area contributed by atoms with E-state index in [0.29, 0.717) is 56.0 Å². The summed E-state index contributed by atoms with van der Waals surface area (Å²) in [5.74, 6) is -1.53. The molecule has 1 aromatic heterocycles. The van der Waals surface area contributed by atoms with Crippen LogP contribution in [0.5, 0.6) is 0 Å². The number of carbonyl (C=O) groups excluding carboxylic acids is 3. The van der Waals surface area contributed by atoms with Crippen LogP contribution in [-0.4, -0.2) is 65.0 Å². The molecule has 0 saturated carbocycles. The molecule has 242 valence electrons. The molecule has 3 N–H and O–H groups in total. The fourth-order valence-electron chi connectivity index (χ4n) is 5.46. The smallest absolute Gasteiger partial charge is 0.412 e. The molecule has 0 aliphatic carbocycles. The van der Waals surface area contributed by atoms with E-state index < -0.39 is 24.0 Å². The number of pyridine rings is 1. The van der Waals surface area contributed by atoms with E-state index >= 15 is 0 Å². The van der Waals surface area contributed by atoms with Crippen molar-refractivity contribution in [3.05, 3.63) is 126 Å². The van der Waals surface area contributed by atoms with Gasteiger partial charge >= 0.3 is 12.1 Å². The Labute approximate surface area is 273 Å². The highest BCUT2D eigenvalue weighted by atomic mass is 16.5. The molecular formula is C36H37N5O6. The summed E-state index contributed by atoms with van der Waals surface area (Å²) >= 11 is 0. The molecule has 1 aliphatic rings. The van der Waals surface area contributed by atoms with E-state index in [-0.39, 0.29) is 24.5 Å². The normalized spacial score (nSPS) is 13.6. The van der Waals surface area contributed by atoms with Crippen LogP contribution in [0.1, 0.15) is 45.9 Å². The third-order valence-electron chi connectivity index (χ3n) is 7.87. The summed E-state index contributed by atoms with van der Waals surface area (Å²) in [6.45, 7) is 2.29. The van der Waals surface area contributed by atoms with Crippen molar-refractivity contribution >= 4 is 35.3 Å². The maximum Gasteiger partial charge on any atom is 0.412 e. The number of hydrogen-bond donors (Lipinski definition) is 3. The van der Waals surface area contributed by atoms with Crippen LogP contribution in [0.3, 0.4) is 0 Å². The molecule has 1 aliphatic heterocycles. The van der Waals surface area contributed by atoms with Gasteiger partial charge in [-0.15, -0.1) is 0 Å². The molecule has 11 nitrogen and oxygen atoms in total. The van der Waals surface area contributed by atoms with Gasteiger partial charge < -0.3 is 25.0 Å². The monoisotopic (exact) mass is 635 g/mol. The van der Waals surface area contributed by atoms with Gasteiger partial charge in [0.15, 0.2) is 0 Å². The first-order chi connectivity index (χ1) is 22.9. The molecule has 1 saturated heterocycles. The number of aromatic nitrogens is 1. The van der Waals surface area contributed by atoms with Crippen molar-refractivity contribution in [2.75, 3.05) is 36.4 Å². The summed E-state index contributed by atoms with van der Waals surface area (Å²) in [6.07, 6.45) is 3.09. The van der Waals surface area contributed by atoms with Gasteiger partial charge in [0, 0.05) is 44.1 Å². The highest BCUT2D eigenvalue weighted by Gasteiger charge is 2.24. The van der Waals surface area contributed by atoms with Gasteiger partial charge in [0.2, 0.25) is 5.91 Å². The number of nitrogens with zero attached hydrogens (tertiary/aromatic N) is 3. The maximum absolute atomic E-state index is 13.4. The highest BCUT2D eigenvalue weighted by molar-refractivity contribution is 5.99. The van der Waals surface area contributed by atoms with Crippen LogP contribution in [0.4, 0.5) is 16.2 Å². The predicted octanol–water partition coefficient (Wildman–Crippen LogP) is 5.06. The lowest BCUT2D eigenvalue weighted by molar-refractivity contribution is -0.137. The molecule has 47 heavy (non-hydrogen) atoms. The van der Waals surface area contributed by atoms with Crippen LogP contribution >= 0.6 is 0 Å². The molecule has 2 heterocycles. The standard InChI is InChI=1S/C36H37N5O6/c42-33(21-26-9-3-1-4-10-26)41-18-8-17-40(19-20-41)32-15-14-28(22-31(32)39-36(46)47-25-27-11-5-2-6-12-27)35(45)38-30(23-34(43)44)29-13-7-16-37-24-29/h1-7,9-16,22,24,30H,8,17-21,23,25H2,(H,38,45)(H,39,46)(H,43,44). The first-order valence-corrected chi connectivity index (χ1v) is 15.5. The van der Waals surface area contributed by atoms with Gasteiger partial charge in [0.05, 0.1) is 30.3 Å². The van der Waals surface area contributed by atoms with Gasteiger partial charge in [-0.3, -0.25) is 24.7 Å². The number of carboxylic acids is 1. The summed E-state index contributed by atoms with van der Waals surface area (Å²) in [5, 5.41) is 15.1. The third kappa shape index (κ3) is 9.40. The second kappa shape index (κ2) is 16.0. The highest BCUT2D eigenvalue weighted by Crippen LogP contribution is 2.29. The average molecular weight is 636 g/mol. The van der Waals surface area contributed by atoms with E-state index in [9.17, 15) is 24.3 Å². The number of amides is 3. The Hall–Kier alpha value is -5.71. The lowest BCUT2D eigenvalue weighted by atomic mass is 10.0. The number of benzene rings is 3. The van der Waals surface area contributed by atoms with Gasteiger partial charge in [-0.05, 0) is 47.4 Å². The number of hydrogen-bond acceptors (Lipinski definition) is 7. The van der Waals surface area contributed by atoms with Crippen LogP contribution in [0.2, 0.25) is 0 Å². The summed E-state index contributed by atoms with van der Waals surface area (Å²) in [4.78, 5) is 59.1. The van der Waals surface area contributed by atoms with Gasteiger partial charge in [-0.2, -0.15) is 0 Å². The van der Waals surface area contributed by atoms with Crippen LogP contribution in [0.25, 0.3) is 0 Å². The third-order valence-corrected chi connectivity index (χ3v) is 7.87. The molecular weight excluding hydrogens is 598 g/mol. The Balaban J connectivity index is 1.34. The van der Waals surface area contributed by atoms with Crippen molar-refractivity contribution in [1.82, 2.24) is 15.2 Å². The molecule has 3 amide bonds. The summed E-state index contributed by atoms with van der Waals surface area (Å²) in [6, 6.07) is 26.4. The topological polar surface area (TPSA) is 141 Å². The molecule has 0 radical (unpaired) electrons. The first kappa shape index (κ1) is 32.7. The molecule has 3 aromatic carbocycles. The molecule has 1 unspecified atom stereocenters. The van der Waals surface area contributed by atoms with Crippen molar-refractivity contribution in [2.45, 2.75) is 31.9 Å². The van der Waals surface area contributed by atoms with E-state index in [1.54, 1.807) is 36.5 Å². The van der Waals surface area contributed by atoms with Crippen LogP contribution < -0.4 is 15.5 Å². The SMILES string of the molecule is O=C(O)CC(NC(=O)c1ccc(N2CCCN(C(=O)Cc3ccccc3)CC2)c(NC(=O)OCc2ccccc2)c1)c1cccnc1. The largest absolute Gasteiger partial charge is 0.481 e. The number of aliphatic carboxylic acids is 1. The van der Waals surface area contributed by atoms with E-state index in [1.807, 2.05) is 65.6 Å². The second-order valence-corrected chi connectivity index (χ2v) is 11.2. The molecule has 5 rings (SSSR count). The van der Waals surface area contributed by atoms with Crippen LogP contribution in [0.15, 0.2) is 103 Å². The van der Waals surface area contributed by atoms with E-state index in [2.05, 4.69) is 20.5 Å². The number of ether oxygens (including phenoxy) is 1. The Morgan fingerprint density at radius 2 is 1.60 bits per heavy atom. The van der Waals surface area contributed by atoms with Crippen LogP contribution in [-0.2, 0) is 27.4 Å². The zero-order valence-corrected chi connectivity index (χ0v) is 25.9. The van der Waals surface area contributed by atoms with Gasteiger partial charge in [-0.1, -0.05) is 66.7 Å². The van der Waals surface area contributed by atoms with E-state index in [1.165, 1.54) is 6.20 Å². The lowest BCUT2D eigenvalue weighted by Gasteiger charge is -2.26. The minimum Gasteiger partial charge on any atom is -0.481 e. The summed E-state index contributed by atoms with van der Waals surface area (Å²) in [5.41, 5.74) is 3.59. The zero-order valence-electron chi connectivity index (χ0n) is 25.9. The quantitative estimate of drug-likeness (QED) is 0.208. The number of carboxylic acid groups (broad SMARTS) is 1. The zero-order chi connectivity index (χ0) is 33.0. The van der Waals surface area contributed by atoms with Gasteiger partial charge in [0.25, 0.3) is 5.91 Å². The van der Waals surface area contributed by atoms with Crippen LogP contribution in [0, 0.1) is 0 Å². The predicted molar refractivity (Wildman–Crippen MR) is 177 cm³/mol. The molecule has 1 atom stereocenters. The number of carbonyl (C=O) groups is 4. The Morgan fingerprint density at radius 3 is 2.30 bits per heavy atom. The molecule has 11 heteroatoms. The minimum absolute atomic E-state index is 0.0532. The van der Waals surface area contributed by atoms with Crippen molar-refractivity contribution in [2.24, 2.45) is 0 Å². The summed E-state index contributed by atoms with van der Waals surface area (Å²) < 4.78 is 5.48. The average Bonchev–Trinajstić information content (AvgIpc) is 3.35. The van der Waals surface area contributed by atoms with Gasteiger partial charge in [-0.25, -0.2) is 4.79 Å². The van der Waals surface area contributed by atoms with Crippen molar-refractivity contribution < 1.29 is 29.0 Å².